The Morgan fingerprint density at radius 3 is 2.54 bits per heavy atom. The van der Waals surface area contributed by atoms with Crippen molar-refractivity contribution in [2.24, 2.45) is 0 Å². The second-order valence-electron chi connectivity index (χ2n) is 6.35. The Morgan fingerprint density at radius 2 is 1.71 bits per heavy atom. The Bertz CT molecular complexity index is 1200. The summed E-state index contributed by atoms with van der Waals surface area (Å²) < 4.78 is 45.6. The number of amides is 1. The van der Waals surface area contributed by atoms with E-state index in [0.717, 1.165) is 33.9 Å². The summed E-state index contributed by atoms with van der Waals surface area (Å²) in [6.45, 7) is 1.47. The third-order valence-electron chi connectivity index (χ3n) is 4.45. The van der Waals surface area contributed by atoms with Gasteiger partial charge in [0.1, 0.15) is 5.75 Å². The number of benzene rings is 3. The minimum Gasteiger partial charge on any atom is -0.481 e. The number of aromatic amines is 1. The lowest BCUT2D eigenvalue weighted by Crippen LogP contribution is -2.30. The van der Waals surface area contributed by atoms with Gasteiger partial charge >= 0.3 is 0 Å². The van der Waals surface area contributed by atoms with E-state index < -0.39 is 35.2 Å². The van der Waals surface area contributed by atoms with E-state index in [0.29, 0.717) is 5.75 Å². The minimum atomic E-state index is -1.64. The molecular weight excluding hydrogens is 369 g/mol. The van der Waals surface area contributed by atoms with Crippen LogP contribution in [0.1, 0.15) is 6.92 Å². The van der Waals surface area contributed by atoms with Crippen molar-refractivity contribution >= 4 is 33.4 Å². The lowest BCUT2D eigenvalue weighted by atomic mass is 10.1. The van der Waals surface area contributed by atoms with Crippen molar-refractivity contribution in [3.8, 4) is 5.75 Å². The van der Waals surface area contributed by atoms with E-state index in [1.54, 1.807) is 12.1 Å². The lowest BCUT2D eigenvalue weighted by molar-refractivity contribution is -0.122. The Balaban J connectivity index is 1.52. The number of hydrogen-bond acceptors (Lipinski definition) is 2. The fourth-order valence-corrected chi connectivity index (χ4v) is 3.02. The van der Waals surface area contributed by atoms with E-state index in [4.69, 9.17) is 4.74 Å². The Kier molecular flexibility index (Phi) is 4.43. The smallest absolute Gasteiger partial charge is 0.265 e. The molecule has 1 amide bonds. The molecule has 1 aromatic heterocycles. The molecule has 4 nitrogen and oxygen atoms in total. The number of H-pyrrole nitrogens is 1. The van der Waals surface area contributed by atoms with Crippen LogP contribution in [0.25, 0.3) is 21.8 Å². The second-order valence-corrected chi connectivity index (χ2v) is 6.35. The van der Waals surface area contributed by atoms with Crippen molar-refractivity contribution in [3.05, 3.63) is 72.0 Å². The van der Waals surface area contributed by atoms with Crippen molar-refractivity contribution in [2.45, 2.75) is 13.0 Å². The number of ether oxygens (including phenoxy) is 1. The van der Waals surface area contributed by atoms with Crippen molar-refractivity contribution in [1.82, 2.24) is 4.98 Å². The standard InChI is InChI=1S/C21H15F3N2O2/c1-11(21(27)26-17-9-8-15(22)19(23)20(17)24)28-12-6-7-14-13-4-2-3-5-16(13)25-18(14)10-12/h2-11,25H,1H3,(H,26,27)/t11-/m0/s1. The summed E-state index contributed by atoms with van der Waals surface area (Å²) in [7, 11) is 0. The van der Waals surface area contributed by atoms with Gasteiger partial charge in [0.15, 0.2) is 23.6 Å². The predicted molar refractivity (Wildman–Crippen MR) is 101 cm³/mol. The molecule has 1 heterocycles. The van der Waals surface area contributed by atoms with Crippen LogP contribution < -0.4 is 10.1 Å². The molecule has 0 saturated heterocycles. The molecule has 0 aliphatic carbocycles. The van der Waals surface area contributed by atoms with E-state index in [1.807, 2.05) is 30.3 Å². The van der Waals surface area contributed by atoms with Crippen LogP contribution in [0.4, 0.5) is 18.9 Å². The number of para-hydroxylation sites is 1. The first-order valence-electron chi connectivity index (χ1n) is 8.55. The van der Waals surface area contributed by atoms with Crippen molar-refractivity contribution in [2.75, 3.05) is 5.32 Å². The number of halogens is 3. The van der Waals surface area contributed by atoms with Gasteiger partial charge in [-0.25, -0.2) is 13.2 Å². The average molecular weight is 384 g/mol. The topological polar surface area (TPSA) is 54.1 Å². The summed E-state index contributed by atoms with van der Waals surface area (Å²) in [4.78, 5) is 15.5. The van der Waals surface area contributed by atoms with E-state index in [1.165, 1.54) is 6.92 Å². The maximum atomic E-state index is 13.7. The van der Waals surface area contributed by atoms with Crippen molar-refractivity contribution in [1.29, 1.82) is 0 Å². The molecule has 0 aliphatic heterocycles. The third-order valence-corrected chi connectivity index (χ3v) is 4.45. The monoisotopic (exact) mass is 384 g/mol. The van der Waals surface area contributed by atoms with Gasteiger partial charge in [0.2, 0.25) is 0 Å². The van der Waals surface area contributed by atoms with Crippen LogP contribution in [0, 0.1) is 17.5 Å². The second kappa shape index (κ2) is 6.92. The molecule has 0 spiro atoms. The van der Waals surface area contributed by atoms with Crippen LogP contribution in [0.3, 0.4) is 0 Å². The number of carbonyl (C=O) groups is 1. The number of anilines is 1. The Hall–Kier alpha value is -3.48. The molecular formula is C21H15F3N2O2. The van der Waals surface area contributed by atoms with E-state index in [-0.39, 0.29) is 0 Å². The van der Waals surface area contributed by atoms with Crippen LogP contribution in [-0.2, 0) is 4.79 Å². The van der Waals surface area contributed by atoms with Crippen LogP contribution in [0.2, 0.25) is 0 Å². The number of carbonyl (C=O) groups excluding carboxylic acids is 1. The summed E-state index contributed by atoms with van der Waals surface area (Å²) in [5, 5.41) is 4.29. The maximum Gasteiger partial charge on any atom is 0.265 e. The predicted octanol–water partition coefficient (Wildman–Crippen LogP) is 5.14. The summed E-state index contributed by atoms with van der Waals surface area (Å²) in [5.41, 5.74) is 1.37. The fourth-order valence-electron chi connectivity index (χ4n) is 3.02. The quantitative estimate of drug-likeness (QED) is 0.479. The van der Waals surface area contributed by atoms with E-state index >= 15 is 0 Å². The highest BCUT2D eigenvalue weighted by molar-refractivity contribution is 6.07. The highest BCUT2D eigenvalue weighted by Crippen LogP contribution is 2.28. The van der Waals surface area contributed by atoms with Crippen molar-refractivity contribution in [3.63, 3.8) is 0 Å². The summed E-state index contributed by atoms with van der Waals surface area (Å²) in [6.07, 6.45) is -0.991. The molecule has 2 N–H and O–H groups in total. The van der Waals surface area contributed by atoms with Gasteiger partial charge < -0.3 is 15.0 Å². The lowest BCUT2D eigenvalue weighted by Gasteiger charge is -2.15. The van der Waals surface area contributed by atoms with Gasteiger partial charge in [0, 0.05) is 22.4 Å². The third kappa shape index (κ3) is 3.15. The van der Waals surface area contributed by atoms with Gasteiger partial charge in [0.25, 0.3) is 5.91 Å². The van der Waals surface area contributed by atoms with Gasteiger partial charge in [-0.2, -0.15) is 0 Å². The van der Waals surface area contributed by atoms with Crippen molar-refractivity contribution < 1.29 is 22.7 Å². The van der Waals surface area contributed by atoms with Gasteiger partial charge in [-0.1, -0.05) is 18.2 Å². The SMILES string of the molecule is C[C@H](Oc1ccc2c(c1)[nH]c1ccccc12)C(=O)Nc1ccc(F)c(F)c1F. The molecule has 142 valence electrons. The Labute approximate surface area is 157 Å². The number of fused-ring (bicyclic) bond motifs is 3. The first-order valence-corrected chi connectivity index (χ1v) is 8.55. The van der Waals surface area contributed by atoms with Crippen LogP contribution in [0.5, 0.6) is 5.75 Å². The molecule has 28 heavy (non-hydrogen) atoms. The number of hydrogen-bond donors (Lipinski definition) is 2. The van der Waals surface area contributed by atoms with Gasteiger partial charge in [-0.3, -0.25) is 4.79 Å². The first-order chi connectivity index (χ1) is 13.4. The van der Waals surface area contributed by atoms with Gasteiger partial charge in [-0.15, -0.1) is 0 Å². The van der Waals surface area contributed by atoms with E-state index in [9.17, 15) is 18.0 Å². The fraction of sp³-hybridized carbons (Fsp3) is 0.0952. The summed E-state index contributed by atoms with van der Waals surface area (Å²) >= 11 is 0. The molecule has 4 aromatic rings. The van der Waals surface area contributed by atoms with E-state index in [2.05, 4.69) is 10.3 Å². The maximum absolute atomic E-state index is 13.7. The van der Waals surface area contributed by atoms with Crippen LogP contribution in [-0.4, -0.2) is 17.0 Å². The average Bonchev–Trinajstić information content (AvgIpc) is 3.06. The molecule has 0 bridgehead atoms. The molecule has 0 fully saturated rings. The molecule has 0 saturated carbocycles. The summed E-state index contributed by atoms with van der Waals surface area (Å²) in [5.74, 6) is -4.68. The molecule has 3 aromatic carbocycles. The molecule has 7 heteroatoms. The highest BCUT2D eigenvalue weighted by atomic mass is 19.2. The molecule has 0 aliphatic rings. The normalized spacial score (nSPS) is 12.3. The summed E-state index contributed by atoms with van der Waals surface area (Å²) in [6, 6.07) is 14.9. The number of aromatic nitrogens is 1. The van der Waals surface area contributed by atoms with Crippen LogP contribution >= 0.6 is 0 Å². The van der Waals surface area contributed by atoms with Crippen LogP contribution in [0.15, 0.2) is 54.6 Å². The molecule has 0 unspecified atom stereocenters. The van der Waals surface area contributed by atoms with Gasteiger partial charge in [0.05, 0.1) is 11.2 Å². The zero-order chi connectivity index (χ0) is 19.8. The molecule has 0 radical (unpaired) electrons. The Morgan fingerprint density at radius 1 is 0.964 bits per heavy atom. The zero-order valence-electron chi connectivity index (χ0n) is 14.7. The molecule has 1 atom stereocenters. The largest absolute Gasteiger partial charge is 0.481 e. The molecule has 4 rings (SSSR count). The highest BCUT2D eigenvalue weighted by Gasteiger charge is 2.20. The number of rotatable bonds is 4. The van der Waals surface area contributed by atoms with Gasteiger partial charge in [-0.05, 0) is 37.3 Å². The number of nitrogens with one attached hydrogen (secondary N) is 2. The minimum absolute atomic E-state index is 0.437. The first kappa shape index (κ1) is 17.9. The zero-order valence-corrected chi connectivity index (χ0v) is 14.7.